The van der Waals surface area contributed by atoms with Crippen LogP contribution >= 0.6 is 0 Å². The molecule has 0 unspecified atom stereocenters. The second-order valence-electron chi connectivity index (χ2n) is 5.07. The Morgan fingerprint density at radius 2 is 2.20 bits per heavy atom. The molecule has 4 nitrogen and oxygen atoms in total. The van der Waals surface area contributed by atoms with E-state index in [9.17, 15) is 0 Å². The van der Waals surface area contributed by atoms with Crippen molar-refractivity contribution in [3.8, 4) is 0 Å². The molecule has 1 heterocycles. The Hall–Kier alpha value is -1.03. The summed E-state index contributed by atoms with van der Waals surface area (Å²) in [6.07, 6.45) is 3.83. The monoisotopic (exact) mass is 210 g/mol. The van der Waals surface area contributed by atoms with E-state index in [-0.39, 0.29) is 5.41 Å². The minimum absolute atomic E-state index is 0.275. The second-order valence-corrected chi connectivity index (χ2v) is 5.07. The van der Waals surface area contributed by atoms with Gasteiger partial charge in [0.1, 0.15) is 0 Å². The zero-order valence-electron chi connectivity index (χ0n) is 9.93. The Morgan fingerprint density at radius 3 is 2.80 bits per heavy atom. The lowest BCUT2D eigenvalue weighted by molar-refractivity contribution is 0.406. The van der Waals surface area contributed by atoms with Gasteiger partial charge in [0.2, 0.25) is 0 Å². The normalized spacial score (nSPS) is 11.7. The molecule has 15 heavy (non-hydrogen) atoms. The van der Waals surface area contributed by atoms with E-state index in [0.717, 1.165) is 31.6 Å². The van der Waals surface area contributed by atoms with Crippen molar-refractivity contribution in [2.24, 2.45) is 11.1 Å². The van der Waals surface area contributed by atoms with Gasteiger partial charge in [-0.1, -0.05) is 20.8 Å². The number of hydrogen-bond acceptors (Lipinski definition) is 3. The summed E-state index contributed by atoms with van der Waals surface area (Å²) in [5.41, 5.74) is 8.01. The first kappa shape index (κ1) is 12.0. The molecule has 0 saturated heterocycles. The molecule has 4 N–H and O–H groups in total. The fraction of sp³-hybridized carbons (Fsp3) is 0.727. The topological polar surface area (TPSA) is 66.7 Å². The molecule has 0 aromatic carbocycles. The van der Waals surface area contributed by atoms with E-state index in [4.69, 9.17) is 5.73 Å². The van der Waals surface area contributed by atoms with E-state index in [2.05, 4.69) is 36.3 Å². The highest BCUT2D eigenvalue weighted by molar-refractivity contribution is 5.46. The van der Waals surface area contributed by atoms with Crippen molar-refractivity contribution in [3.63, 3.8) is 0 Å². The van der Waals surface area contributed by atoms with Crippen LogP contribution in [0, 0.1) is 5.41 Å². The zero-order valence-corrected chi connectivity index (χ0v) is 9.93. The standard InChI is InChI=1S/C11H22N4/c1-11(2,3)7-9-10(8-14-15-9)13-6-4-5-12/h8,13H,4-7,12H2,1-3H3,(H,14,15). The van der Waals surface area contributed by atoms with Crippen LogP contribution in [0.2, 0.25) is 0 Å². The molecule has 1 rings (SSSR count). The Bertz CT molecular complexity index is 285. The highest BCUT2D eigenvalue weighted by atomic mass is 15.1. The number of aromatic nitrogens is 2. The fourth-order valence-electron chi connectivity index (χ4n) is 1.46. The number of aromatic amines is 1. The SMILES string of the molecule is CC(C)(C)Cc1[nH]ncc1NCCCN. The number of hydrogen-bond donors (Lipinski definition) is 3. The fourth-order valence-corrected chi connectivity index (χ4v) is 1.46. The van der Waals surface area contributed by atoms with Gasteiger partial charge in [0.15, 0.2) is 0 Å². The highest BCUT2D eigenvalue weighted by Crippen LogP contribution is 2.23. The largest absolute Gasteiger partial charge is 0.382 e. The number of nitrogens with one attached hydrogen (secondary N) is 2. The van der Waals surface area contributed by atoms with Crippen LogP contribution in [0.5, 0.6) is 0 Å². The molecule has 0 amide bonds. The summed E-state index contributed by atoms with van der Waals surface area (Å²) in [6.45, 7) is 8.29. The molecule has 0 bridgehead atoms. The number of rotatable bonds is 5. The molecule has 0 saturated carbocycles. The zero-order chi connectivity index (χ0) is 11.3. The van der Waals surface area contributed by atoms with Crippen LogP contribution in [0.4, 0.5) is 5.69 Å². The van der Waals surface area contributed by atoms with Crippen LogP contribution in [-0.4, -0.2) is 23.3 Å². The van der Waals surface area contributed by atoms with Gasteiger partial charge in [-0.2, -0.15) is 5.10 Å². The van der Waals surface area contributed by atoms with E-state index in [1.54, 1.807) is 0 Å². The van der Waals surface area contributed by atoms with Crippen molar-refractivity contribution in [1.82, 2.24) is 10.2 Å². The van der Waals surface area contributed by atoms with Gasteiger partial charge in [0.05, 0.1) is 17.6 Å². The average molecular weight is 210 g/mol. The van der Waals surface area contributed by atoms with Crippen LogP contribution < -0.4 is 11.1 Å². The number of H-pyrrole nitrogens is 1. The average Bonchev–Trinajstić information content (AvgIpc) is 2.50. The van der Waals surface area contributed by atoms with Crippen molar-refractivity contribution < 1.29 is 0 Å². The van der Waals surface area contributed by atoms with Gasteiger partial charge in [-0.05, 0) is 24.8 Å². The summed E-state index contributed by atoms with van der Waals surface area (Å²) in [5, 5.41) is 10.5. The summed E-state index contributed by atoms with van der Waals surface area (Å²) in [7, 11) is 0. The lowest BCUT2D eigenvalue weighted by atomic mass is 9.90. The maximum atomic E-state index is 5.44. The molecule has 0 aliphatic rings. The van der Waals surface area contributed by atoms with Gasteiger partial charge >= 0.3 is 0 Å². The van der Waals surface area contributed by atoms with Crippen molar-refractivity contribution in [1.29, 1.82) is 0 Å². The molecule has 0 aliphatic heterocycles. The molecule has 0 fully saturated rings. The van der Waals surface area contributed by atoms with E-state index >= 15 is 0 Å². The summed E-state index contributed by atoms with van der Waals surface area (Å²) < 4.78 is 0. The summed E-state index contributed by atoms with van der Waals surface area (Å²) in [5.74, 6) is 0. The number of anilines is 1. The van der Waals surface area contributed by atoms with Crippen molar-refractivity contribution in [2.45, 2.75) is 33.6 Å². The lowest BCUT2D eigenvalue weighted by Gasteiger charge is -2.18. The Morgan fingerprint density at radius 1 is 1.47 bits per heavy atom. The molecule has 0 aliphatic carbocycles. The third kappa shape index (κ3) is 4.34. The molecule has 86 valence electrons. The minimum Gasteiger partial charge on any atom is -0.382 e. The first-order chi connectivity index (χ1) is 7.03. The first-order valence-electron chi connectivity index (χ1n) is 5.49. The van der Waals surface area contributed by atoms with Gasteiger partial charge in [0, 0.05) is 6.54 Å². The van der Waals surface area contributed by atoms with E-state index in [1.807, 2.05) is 6.20 Å². The highest BCUT2D eigenvalue weighted by Gasteiger charge is 2.15. The summed E-state index contributed by atoms with van der Waals surface area (Å²) in [6, 6.07) is 0. The first-order valence-corrected chi connectivity index (χ1v) is 5.49. The number of nitrogens with zero attached hydrogens (tertiary/aromatic N) is 1. The van der Waals surface area contributed by atoms with Crippen LogP contribution in [0.15, 0.2) is 6.20 Å². The molecule has 0 radical (unpaired) electrons. The van der Waals surface area contributed by atoms with E-state index in [0.29, 0.717) is 0 Å². The molecule has 0 atom stereocenters. The van der Waals surface area contributed by atoms with Crippen molar-refractivity contribution in [2.75, 3.05) is 18.4 Å². The van der Waals surface area contributed by atoms with Crippen LogP contribution in [0.25, 0.3) is 0 Å². The van der Waals surface area contributed by atoms with Gasteiger partial charge in [0.25, 0.3) is 0 Å². The molecule has 1 aromatic heterocycles. The minimum atomic E-state index is 0.275. The predicted octanol–water partition coefficient (Wildman–Crippen LogP) is 1.76. The van der Waals surface area contributed by atoms with Crippen LogP contribution in [0.1, 0.15) is 32.9 Å². The summed E-state index contributed by atoms with van der Waals surface area (Å²) in [4.78, 5) is 0. The van der Waals surface area contributed by atoms with Crippen LogP contribution in [-0.2, 0) is 6.42 Å². The molecular formula is C11H22N4. The van der Waals surface area contributed by atoms with E-state index in [1.165, 1.54) is 5.69 Å². The molecular weight excluding hydrogens is 188 g/mol. The lowest BCUT2D eigenvalue weighted by Crippen LogP contribution is -2.13. The van der Waals surface area contributed by atoms with Gasteiger partial charge < -0.3 is 11.1 Å². The number of nitrogens with two attached hydrogens (primary N) is 1. The third-order valence-electron chi connectivity index (χ3n) is 2.12. The Kier molecular flexibility index (Phi) is 4.15. The molecule has 1 aromatic rings. The maximum Gasteiger partial charge on any atom is 0.0756 e. The third-order valence-corrected chi connectivity index (χ3v) is 2.12. The predicted molar refractivity (Wildman–Crippen MR) is 63.9 cm³/mol. The van der Waals surface area contributed by atoms with Crippen molar-refractivity contribution in [3.05, 3.63) is 11.9 Å². The maximum absolute atomic E-state index is 5.44. The van der Waals surface area contributed by atoms with E-state index < -0.39 is 0 Å². The van der Waals surface area contributed by atoms with Gasteiger partial charge in [-0.3, -0.25) is 5.10 Å². The molecule has 0 spiro atoms. The smallest absolute Gasteiger partial charge is 0.0756 e. The van der Waals surface area contributed by atoms with Gasteiger partial charge in [-0.25, -0.2) is 0 Å². The Labute approximate surface area is 91.6 Å². The van der Waals surface area contributed by atoms with Gasteiger partial charge in [-0.15, -0.1) is 0 Å². The summed E-state index contributed by atoms with van der Waals surface area (Å²) >= 11 is 0. The molecule has 4 heteroatoms. The second kappa shape index (κ2) is 5.16. The quantitative estimate of drug-likeness (QED) is 0.649. The Balaban J connectivity index is 2.53. The van der Waals surface area contributed by atoms with Crippen LogP contribution in [0.3, 0.4) is 0 Å². The van der Waals surface area contributed by atoms with Crippen molar-refractivity contribution >= 4 is 5.69 Å².